The van der Waals surface area contributed by atoms with Gasteiger partial charge in [0.2, 0.25) is 5.91 Å². The van der Waals surface area contributed by atoms with Gasteiger partial charge in [0.1, 0.15) is 5.69 Å². The summed E-state index contributed by atoms with van der Waals surface area (Å²) in [7, 11) is 1.55. The first-order valence-electron chi connectivity index (χ1n) is 6.38. The molecule has 0 atom stereocenters. The summed E-state index contributed by atoms with van der Waals surface area (Å²) in [5.41, 5.74) is 7.05. The van der Waals surface area contributed by atoms with Crippen molar-refractivity contribution in [1.82, 2.24) is 20.4 Å². The zero-order valence-corrected chi connectivity index (χ0v) is 12.0. The molecule has 20 heavy (non-hydrogen) atoms. The normalized spacial score (nSPS) is 10.3. The fourth-order valence-electron chi connectivity index (χ4n) is 1.66. The number of ether oxygens (including phenoxy) is 1. The number of carbonyl (C=O) groups excluding carboxylic acids is 2. The molecule has 0 aliphatic carbocycles. The minimum absolute atomic E-state index is 0.115. The maximum Gasteiger partial charge on any atom is 0.272 e. The summed E-state index contributed by atoms with van der Waals surface area (Å²) in [6.45, 7) is 4.83. The quantitative estimate of drug-likeness (QED) is 0.572. The predicted molar refractivity (Wildman–Crippen MR) is 74.3 cm³/mol. The Kier molecular flexibility index (Phi) is 5.98. The number of methoxy groups -OCH3 is 1. The van der Waals surface area contributed by atoms with E-state index in [4.69, 9.17) is 10.5 Å². The van der Waals surface area contributed by atoms with Gasteiger partial charge >= 0.3 is 0 Å². The second kappa shape index (κ2) is 7.49. The minimum atomic E-state index is -0.410. The van der Waals surface area contributed by atoms with Crippen LogP contribution < -0.4 is 16.4 Å². The third kappa shape index (κ3) is 3.95. The van der Waals surface area contributed by atoms with Crippen molar-refractivity contribution < 1.29 is 14.3 Å². The van der Waals surface area contributed by atoms with Gasteiger partial charge in [-0.15, -0.1) is 0 Å². The van der Waals surface area contributed by atoms with Gasteiger partial charge < -0.3 is 21.1 Å². The van der Waals surface area contributed by atoms with E-state index >= 15 is 0 Å². The highest BCUT2D eigenvalue weighted by Gasteiger charge is 2.19. The minimum Gasteiger partial charge on any atom is -0.395 e. The second-order valence-corrected chi connectivity index (χ2v) is 4.19. The molecule has 0 aliphatic heterocycles. The number of aromatic nitrogens is 2. The fraction of sp³-hybridized carbons (Fsp3) is 0.583. The molecule has 0 unspecified atom stereocenters. The lowest BCUT2D eigenvalue weighted by molar-refractivity contribution is -0.120. The van der Waals surface area contributed by atoms with Crippen LogP contribution in [-0.4, -0.2) is 48.4 Å². The highest BCUT2D eigenvalue weighted by Crippen LogP contribution is 2.15. The number of hydrogen-bond acceptors (Lipinski definition) is 5. The van der Waals surface area contributed by atoms with Crippen LogP contribution in [0, 0.1) is 6.92 Å². The van der Waals surface area contributed by atoms with E-state index in [1.165, 1.54) is 4.68 Å². The van der Waals surface area contributed by atoms with Crippen molar-refractivity contribution in [1.29, 1.82) is 0 Å². The molecule has 0 saturated heterocycles. The number of aryl methyl sites for hydroxylation is 2. The van der Waals surface area contributed by atoms with Crippen molar-refractivity contribution in [2.75, 3.05) is 32.5 Å². The van der Waals surface area contributed by atoms with Crippen molar-refractivity contribution in [2.45, 2.75) is 20.4 Å². The van der Waals surface area contributed by atoms with E-state index in [2.05, 4.69) is 15.7 Å². The number of anilines is 1. The molecule has 4 N–H and O–H groups in total. The molecule has 112 valence electrons. The number of hydrogen-bond donors (Lipinski definition) is 3. The van der Waals surface area contributed by atoms with Crippen LogP contribution >= 0.6 is 0 Å². The van der Waals surface area contributed by atoms with Crippen LogP contribution in [0.4, 0.5) is 5.69 Å². The highest BCUT2D eigenvalue weighted by molar-refractivity contribution is 5.99. The summed E-state index contributed by atoms with van der Waals surface area (Å²) in [4.78, 5) is 23.5. The van der Waals surface area contributed by atoms with Gasteiger partial charge in [-0.3, -0.25) is 14.3 Å². The van der Waals surface area contributed by atoms with Crippen molar-refractivity contribution in [3.8, 4) is 0 Å². The first-order chi connectivity index (χ1) is 9.51. The molecule has 0 fully saturated rings. The van der Waals surface area contributed by atoms with Crippen molar-refractivity contribution in [3.05, 3.63) is 11.4 Å². The molecule has 1 aromatic rings. The summed E-state index contributed by atoms with van der Waals surface area (Å²) < 4.78 is 6.32. The molecule has 1 heterocycles. The molecule has 0 spiro atoms. The summed E-state index contributed by atoms with van der Waals surface area (Å²) in [6.07, 6.45) is 0. The van der Waals surface area contributed by atoms with Gasteiger partial charge in [0.05, 0.1) is 24.5 Å². The third-order valence-electron chi connectivity index (χ3n) is 2.73. The molecule has 0 bridgehead atoms. The Labute approximate surface area is 117 Å². The standard InChI is InChI=1S/C12H21N5O3/c1-4-17-11(10(13)8(2)16-17)12(19)15-7-9(18)14-5-6-20-3/h4-7,13H2,1-3H3,(H,14,18)(H,15,19). The number of amides is 2. The summed E-state index contributed by atoms with van der Waals surface area (Å²) in [5.74, 6) is -0.694. The first kappa shape index (κ1) is 16.0. The Morgan fingerprint density at radius 3 is 2.70 bits per heavy atom. The number of carbonyl (C=O) groups is 2. The van der Waals surface area contributed by atoms with Crippen LogP contribution in [0.1, 0.15) is 23.1 Å². The largest absolute Gasteiger partial charge is 0.395 e. The summed E-state index contributed by atoms with van der Waals surface area (Å²) >= 11 is 0. The lowest BCUT2D eigenvalue weighted by Gasteiger charge is -2.08. The van der Waals surface area contributed by atoms with Gasteiger partial charge in [-0.25, -0.2) is 0 Å². The number of nitrogens with one attached hydrogen (secondary N) is 2. The van der Waals surface area contributed by atoms with Gasteiger partial charge in [0.15, 0.2) is 0 Å². The van der Waals surface area contributed by atoms with Gasteiger partial charge in [-0.2, -0.15) is 5.10 Å². The van der Waals surface area contributed by atoms with Gasteiger partial charge in [-0.05, 0) is 13.8 Å². The fourth-order valence-corrected chi connectivity index (χ4v) is 1.66. The molecule has 0 aliphatic rings. The zero-order valence-electron chi connectivity index (χ0n) is 12.0. The lowest BCUT2D eigenvalue weighted by Crippen LogP contribution is -2.39. The van der Waals surface area contributed by atoms with Gasteiger partial charge in [0, 0.05) is 20.2 Å². The Morgan fingerprint density at radius 1 is 1.40 bits per heavy atom. The molecule has 0 radical (unpaired) electrons. The third-order valence-corrected chi connectivity index (χ3v) is 2.73. The van der Waals surface area contributed by atoms with Crippen molar-refractivity contribution in [3.63, 3.8) is 0 Å². The van der Waals surface area contributed by atoms with Gasteiger partial charge in [-0.1, -0.05) is 0 Å². The van der Waals surface area contributed by atoms with E-state index in [0.717, 1.165) is 0 Å². The molecule has 8 nitrogen and oxygen atoms in total. The summed E-state index contributed by atoms with van der Waals surface area (Å²) in [6, 6.07) is 0. The average molecular weight is 283 g/mol. The number of nitrogen functional groups attached to an aromatic ring is 1. The second-order valence-electron chi connectivity index (χ2n) is 4.19. The molecule has 0 aromatic carbocycles. The Morgan fingerprint density at radius 2 is 2.10 bits per heavy atom. The van der Waals surface area contributed by atoms with E-state index in [1.54, 1.807) is 14.0 Å². The smallest absolute Gasteiger partial charge is 0.272 e. The number of rotatable bonds is 7. The molecule has 2 amide bonds. The van der Waals surface area contributed by atoms with E-state index in [-0.39, 0.29) is 18.1 Å². The molecule has 1 rings (SSSR count). The Bertz CT molecular complexity index is 484. The SMILES string of the molecule is CCn1nc(C)c(N)c1C(=O)NCC(=O)NCCOC. The van der Waals surface area contributed by atoms with Crippen LogP contribution in [0.5, 0.6) is 0 Å². The highest BCUT2D eigenvalue weighted by atomic mass is 16.5. The van der Waals surface area contributed by atoms with Crippen molar-refractivity contribution >= 4 is 17.5 Å². The first-order valence-corrected chi connectivity index (χ1v) is 6.38. The average Bonchev–Trinajstić information content (AvgIpc) is 2.72. The van der Waals surface area contributed by atoms with E-state index in [0.29, 0.717) is 31.1 Å². The van der Waals surface area contributed by atoms with Crippen LogP contribution in [-0.2, 0) is 16.1 Å². The lowest BCUT2D eigenvalue weighted by atomic mass is 10.3. The molecule has 1 aromatic heterocycles. The Hall–Kier alpha value is -2.09. The molecule has 0 saturated carbocycles. The molecular formula is C12H21N5O3. The van der Waals surface area contributed by atoms with Crippen LogP contribution in [0.2, 0.25) is 0 Å². The van der Waals surface area contributed by atoms with E-state index < -0.39 is 5.91 Å². The Balaban J connectivity index is 2.57. The van der Waals surface area contributed by atoms with Gasteiger partial charge in [0.25, 0.3) is 5.91 Å². The topological polar surface area (TPSA) is 111 Å². The predicted octanol–water partition coefficient (Wildman–Crippen LogP) is -0.714. The van der Waals surface area contributed by atoms with E-state index in [9.17, 15) is 9.59 Å². The van der Waals surface area contributed by atoms with Crippen LogP contribution in [0.3, 0.4) is 0 Å². The molecule has 8 heteroatoms. The zero-order chi connectivity index (χ0) is 15.1. The monoisotopic (exact) mass is 283 g/mol. The van der Waals surface area contributed by atoms with Crippen molar-refractivity contribution in [2.24, 2.45) is 0 Å². The van der Waals surface area contributed by atoms with Crippen LogP contribution in [0.15, 0.2) is 0 Å². The maximum atomic E-state index is 12.0. The summed E-state index contributed by atoms with van der Waals surface area (Å²) in [5, 5.41) is 9.28. The van der Waals surface area contributed by atoms with E-state index in [1.807, 2.05) is 6.92 Å². The number of nitrogens with two attached hydrogens (primary N) is 1. The maximum absolute atomic E-state index is 12.0. The van der Waals surface area contributed by atoms with Crippen LogP contribution in [0.25, 0.3) is 0 Å². The number of nitrogens with zero attached hydrogens (tertiary/aromatic N) is 2. The molecular weight excluding hydrogens is 262 g/mol.